The number of pyridine rings is 1. The molecule has 2 nitrogen and oxygen atoms in total. The average Bonchev–Trinajstić information content (AvgIpc) is 2.16. The number of nitrogens with one attached hydrogen (secondary N) is 1. The molecule has 0 aromatic carbocycles. The van der Waals surface area contributed by atoms with Crippen molar-refractivity contribution in [1.82, 2.24) is 10.3 Å². The fraction of sp³-hybridized carbons (Fsp3) is 0.545. The topological polar surface area (TPSA) is 24.9 Å². The van der Waals surface area contributed by atoms with Gasteiger partial charge in [-0.15, -0.1) is 0 Å². The molecule has 0 spiro atoms. The van der Waals surface area contributed by atoms with Gasteiger partial charge in [-0.25, -0.2) is 0 Å². The minimum atomic E-state index is -4.31. The molecule has 1 rings (SSSR count). The Balaban J connectivity index is 2.52. The summed E-state index contributed by atoms with van der Waals surface area (Å²) in [5, 5.41) is 3.12. The molecule has 0 bridgehead atoms. The Kier molecular flexibility index (Phi) is 4.29. The maximum atomic E-state index is 12.2. The van der Waals surface area contributed by atoms with E-state index in [-0.39, 0.29) is 0 Å². The van der Waals surface area contributed by atoms with Crippen LogP contribution in [0.25, 0.3) is 0 Å². The third-order valence-corrected chi connectivity index (χ3v) is 2.01. The summed E-state index contributed by atoms with van der Waals surface area (Å²) in [6, 6.07) is 2.45. The van der Waals surface area contributed by atoms with Crippen LogP contribution >= 0.6 is 0 Å². The van der Waals surface area contributed by atoms with Gasteiger partial charge in [0.25, 0.3) is 0 Å². The summed E-state index contributed by atoms with van der Waals surface area (Å²) in [5.74, 6) is 0.509. The lowest BCUT2D eigenvalue weighted by atomic mass is 10.2. The molecule has 1 aromatic rings. The Morgan fingerprint density at radius 2 is 2.00 bits per heavy atom. The Labute approximate surface area is 92.9 Å². The van der Waals surface area contributed by atoms with Gasteiger partial charge >= 0.3 is 6.18 Å². The fourth-order valence-corrected chi connectivity index (χ4v) is 1.19. The van der Waals surface area contributed by atoms with Crippen LogP contribution in [0.5, 0.6) is 0 Å². The summed E-state index contributed by atoms with van der Waals surface area (Å²) < 4.78 is 36.7. The van der Waals surface area contributed by atoms with Crippen LogP contribution in [-0.4, -0.2) is 11.5 Å². The minimum absolute atomic E-state index is 0.496. The molecule has 1 N–H and O–H groups in total. The van der Waals surface area contributed by atoms with E-state index in [1.807, 2.05) is 0 Å². The zero-order valence-electron chi connectivity index (χ0n) is 9.30. The molecule has 0 aliphatic heterocycles. The predicted molar refractivity (Wildman–Crippen MR) is 55.8 cm³/mol. The molecule has 0 aliphatic carbocycles. The predicted octanol–water partition coefficient (Wildman–Crippen LogP) is 2.85. The van der Waals surface area contributed by atoms with Crippen molar-refractivity contribution in [3.8, 4) is 0 Å². The van der Waals surface area contributed by atoms with Gasteiger partial charge in [0.2, 0.25) is 0 Å². The maximum absolute atomic E-state index is 12.2. The first-order chi connectivity index (χ1) is 7.39. The summed E-state index contributed by atoms with van der Waals surface area (Å²) in [6.07, 6.45) is -3.44. The molecular weight excluding hydrogens is 217 g/mol. The van der Waals surface area contributed by atoms with E-state index < -0.39 is 11.7 Å². The lowest BCUT2D eigenvalue weighted by Crippen LogP contribution is -2.19. The van der Waals surface area contributed by atoms with Gasteiger partial charge in [-0.2, -0.15) is 13.2 Å². The van der Waals surface area contributed by atoms with Gasteiger partial charge in [0.05, 0.1) is 11.3 Å². The van der Waals surface area contributed by atoms with E-state index in [1.165, 1.54) is 6.07 Å². The molecule has 1 aromatic heterocycles. The lowest BCUT2D eigenvalue weighted by Gasteiger charge is -2.08. The first-order valence-corrected chi connectivity index (χ1v) is 5.12. The summed E-state index contributed by atoms with van der Waals surface area (Å²) >= 11 is 0. The van der Waals surface area contributed by atoms with Crippen LogP contribution in [0.2, 0.25) is 0 Å². The third kappa shape index (κ3) is 4.18. The van der Waals surface area contributed by atoms with Gasteiger partial charge in [0.1, 0.15) is 0 Å². The molecule has 5 heteroatoms. The lowest BCUT2D eigenvalue weighted by molar-refractivity contribution is -0.137. The van der Waals surface area contributed by atoms with Crippen molar-refractivity contribution in [2.75, 3.05) is 6.54 Å². The third-order valence-electron chi connectivity index (χ3n) is 2.01. The molecule has 16 heavy (non-hydrogen) atoms. The monoisotopic (exact) mass is 232 g/mol. The van der Waals surface area contributed by atoms with Crippen molar-refractivity contribution in [3.05, 3.63) is 29.6 Å². The molecular formula is C11H15F3N2. The maximum Gasteiger partial charge on any atom is 0.417 e. The van der Waals surface area contributed by atoms with Crippen LogP contribution in [0.3, 0.4) is 0 Å². The highest BCUT2D eigenvalue weighted by atomic mass is 19.4. The second kappa shape index (κ2) is 5.30. The number of hydrogen-bond acceptors (Lipinski definition) is 2. The second-order valence-corrected chi connectivity index (χ2v) is 4.06. The van der Waals surface area contributed by atoms with Gasteiger partial charge in [-0.05, 0) is 24.6 Å². The number of rotatable bonds is 4. The number of nitrogens with zero attached hydrogens (tertiary/aromatic N) is 1. The van der Waals surface area contributed by atoms with Crippen molar-refractivity contribution >= 4 is 0 Å². The van der Waals surface area contributed by atoms with Gasteiger partial charge in [0, 0.05) is 12.7 Å². The van der Waals surface area contributed by atoms with Crippen molar-refractivity contribution in [3.63, 3.8) is 0 Å². The van der Waals surface area contributed by atoms with Crippen LogP contribution in [0.4, 0.5) is 13.2 Å². The molecule has 0 saturated carbocycles. The van der Waals surface area contributed by atoms with E-state index in [4.69, 9.17) is 0 Å². The highest BCUT2D eigenvalue weighted by Crippen LogP contribution is 2.28. The van der Waals surface area contributed by atoms with Crippen LogP contribution < -0.4 is 5.32 Å². The highest BCUT2D eigenvalue weighted by Gasteiger charge is 2.30. The van der Waals surface area contributed by atoms with Gasteiger partial charge < -0.3 is 5.32 Å². The van der Waals surface area contributed by atoms with E-state index in [0.29, 0.717) is 18.2 Å². The molecule has 0 fully saturated rings. The molecule has 0 amide bonds. The Morgan fingerprint density at radius 1 is 1.31 bits per heavy atom. The van der Waals surface area contributed by atoms with Crippen molar-refractivity contribution < 1.29 is 13.2 Å². The summed E-state index contributed by atoms with van der Waals surface area (Å²) in [6.45, 7) is 5.44. The van der Waals surface area contributed by atoms with Gasteiger partial charge in [-0.1, -0.05) is 13.8 Å². The Hall–Kier alpha value is -1.10. The van der Waals surface area contributed by atoms with Crippen LogP contribution in [0.1, 0.15) is 25.1 Å². The zero-order chi connectivity index (χ0) is 12.2. The van der Waals surface area contributed by atoms with Crippen LogP contribution in [0, 0.1) is 5.92 Å². The normalized spacial score (nSPS) is 12.1. The molecule has 0 unspecified atom stereocenters. The number of halogens is 3. The van der Waals surface area contributed by atoms with E-state index >= 15 is 0 Å². The minimum Gasteiger partial charge on any atom is -0.311 e. The average molecular weight is 232 g/mol. The summed E-state index contributed by atoms with van der Waals surface area (Å²) in [5.41, 5.74) is -0.0891. The second-order valence-electron chi connectivity index (χ2n) is 4.06. The van der Waals surface area contributed by atoms with Crippen molar-refractivity contribution in [1.29, 1.82) is 0 Å². The molecule has 90 valence electrons. The molecule has 0 atom stereocenters. The first kappa shape index (κ1) is 13.0. The zero-order valence-corrected chi connectivity index (χ0v) is 9.30. The SMILES string of the molecule is CC(C)CNCc1ccc(C(F)(F)F)cn1. The van der Waals surface area contributed by atoms with Crippen molar-refractivity contribution in [2.45, 2.75) is 26.6 Å². The highest BCUT2D eigenvalue weighted by molar-refractivity contribution is 5.16. The van der Waals surface area contributed by atoms with E-state index in [0.717, 1.165) is 18.8 Å². The van der Waals surface area contributed by atoms with E-state index in [9.17, 15) is 13.2 Å². The van der Waals surface area contributed by atoms with Crippen molar-refractivity contribution in [2.24, 2.45) is 5.92 Å². The largest absolute Gasteiger partial charge is 0.417 e. The summed E-state index contributed by atoms with van der Waals surface area (Å²) in [7, 11) is 0. The molecule has 0 saturated heterocycles. The van der Waals surface area contributed by atoms with Gasteiger partial charge in [-0.3, -0.25) is 4.98 Å². The molecule has 0 aliphatic rings. The van der Waals surface area contributed by atoms with Gasteiger partial charge in [0.15, 0.2) is 0 Å². The van der Waals surface area contributed by atoms with E-state index in [2.05, 4.69) is 24.1 Å². The smallest absolute Gasteiger partial charge is 0.311 e. The number of alkyl halides is 3. The van der Waals surface area contributed by atoms with Crippen LogP contribution in [0.15, 0.2) is 18.3 Å². The molecule has 1 heterocycles. The summed E-state index contributed by atoms with van der Waals surface area (Å²) in [4.78, 5) is 3.76. The number of hydrogen-bond donors (Lipinski definition) is 1. The standard InChI is InChI=1S/C11H15F3N2/c1-8(2)5-15-7-10-4-3-9(6-16-10)11(12,13)14/h3-4,6,8,15H,5,7H2,1-2H3. The quantitative estimate of drug-likeness (QED) is 0.863. The fourth-order valence-electron chi connectivity index (χ4n) is 1.19. The van der Waals surface area contributed by atoms with E-state index in [1.54, 1.807) is 0 Å². The first-order valence-electron chi connectivity index (χ1n) is 5.12. The Bertz CT molecular complexity index is 317. The number of aromatic nitrogens is 1. The van der Waals surface area contributed by atoms with Crippen LogP contribution in [-0.2, 0) is 12.7 Å². The Morgan fingerprint density at radius 3 is 2.44 bits per heavy atom. The molecule has 0 radical (unpaired) electrons.